The summed E-state index contributed by atoms with van der Waals surface area (Å²) in [7, 11) is 0. The number of aliphatic hydroxyl groups is 1. The van der Waals surface area contributed by atoms with Crippen LogP contribution in [0.5, 0.6) is 0 Å². The molecular weight excluding hydrogens is 242 g/mol. The SMILES string of the molecule is CCC1C(=O)NCCN1C(=O)NCC(O)C(=O)O. The van der Waals surface area contributed by atoms with Crippen molar-refractivity contribution in [3.05, 3.63) is 0 Å². The number of hydrogen-bond donors (Lipinski definition) is 4. The van der Waals surface area contributed by atoms with Crippen molar-refractivity contribution >= 4 is 17.9 Å². The molecule has 8 heteroatoms. The van der Waals surface area contributed by atoms with Gasteiger partial charge in [0.1, 0.15) is 6.04 Å². The Morgan fingerprint density at radius 3 is 2.83 bits per heavy atom. The van der Waals surface area contributed by atoms with Gasteiger partial charge in [0, 0.05) is 13.1 Å². The van der Waals surface area contributed by atoms with E-state index in [0.717, 1.165) is 0 Å². The van der Waals surface area contributed by atoms with Crippen LogP contribution in [-0.2, 0) is 9.59 Å². The Labute approximate surface area is 104 Å². The van der Waals surface area contributed by atoms with E-state index in [-0.39, 0.29) is 12.5 Å². The number of amides is 3. The van der Waals surface area contributed by atoms with Crippen LogP contribution >= 0.6 is 0 Å². The van der Waals surface area contributed by atoms with Gasteiger partial charge in [-0.05, 0) is 6.42 Å². The third kappa shape index (κ3) is 3.33. The molecule has 3 amide bonds. The van der Waals surface area contributed by atoms with Gasteiger partial charge in [-0.25, -0.2) is 9.59 Å². The fraction of sp³-hybridized carbons (Fsp3) is 0.700. The van der Waals surface area contributed by atoms with E-state index in [2.05, 4.69) is 10.6 Å². The molecule has 0 radical (unpaired) electrons. The molecule has 1 fully saturated rings. The van der Waals surface area contributed by atoms with Crippen LogP contribution in [0, 0.1) is 0 Å². The lowest BCUT2D eigenvalue weighted by Gasteiger charge is -2.34. The van der Waals surface area contributed by atoms with Gasteiger partial charge in [0.15, 0.2) is 6.10 Å². The van der Waals surface area contributed by atoms with Crippen LogP contribution in [0.4, 0.5) is 4.79 Å². The molecule has 0 bridgehead atoms. The van der Waals surface area contributed by atoms with Gasteiger partial charge in [0.05, 0.1) is 6.54 Å². The molecule has 8 nitrogen and oxygen atoms in total. The van der Waals surface area contributed by atoms with Crippen LogP contribution in [0.15, 0.2) is 0 Å². The second-order valence-corrected chi connectivity index (χ2v) is 3.95. The highest BCUT2D eigenvalue weighted by Crippen LogP contribution is 2.08. The number of hydrogen-bond acceptors (Lipinski definition) is 4. The predicted octanol–water partition coefficient (Wildman–Crippen LogP) is -1.65. The van der Waals surface area contributed by atoms with Crippen molar-refractivity contribution in [3.8, 4) is 0 Å². The summed E-state index contributed by atoms with van der Waals surface area (Å²) >= 11 is 0. The van der Waals surface area contributed by atoms with Crippen molar-refractivity contribution < 1.29 is 24.6 Å². The number of carboxylic acid groups (broad SMARTS) is 1. The molecule has 2 unspecified atom stereocenters. The van der Waals surface area contributed by atoms with Gasteiger partial charge in [-0.15, -0.1) is 0 Å². The van der Waals surface area contributed by atoms with Gasteiger partial charge in [0.2, 0.25) is 5.91 Å². The monoisotopic (exact) mass is 259 g/mol. The lowest BCUT2D eigenvalue weighted by atomic mass is 10.1. The summed E-state index contributed by atoms with van der Waals surface area (Å²) in [5.41, 5.74) is 0. The quantitative estimate of drug-likeness (QED) is 0.482. The predicted molar refractivity (Wildman–Crippen MR) is 60.8 cm³/mol. The van der Waals surface area contributed by atoms with E-state index in [9.17, 15) is 14.4 Å². The minimum atomic E-state index is -1.65. The molecule has 1 aliphatic rings. The number of urea groups is 1. The smallest absolute Gasteiger partial charge is 0.334 e. The van der Waals surface area contributed by atoms with Crippen LogP contribution in [0.25, 0.3) is 0 Å². The average Bonchev–Trinajstić information content (AvgIpc) is 2.34. The highest BCUT2D eigenvalue weighted by molar-refractivity contribution is 5.88. The summed E-state index contributed by atoms with van der Waals surface area (Å²) in [6, 6.07) is -1.10. The zero-order chi connectivity index (χ0) is 13.7. The number of nitrogens with one attached hydrogen (secondary N) is 2. The maximum Gasteiger partial charge on any atom is 0.334 e. The second kappa shape index (κ2) is 6.20. The molecular formula is C10H17N3O5. The molecule has 0 saturated carbocycles. The normalized spacial score (nSPS) is 21.1. The summed E-state index contributed by atoms with van der Waals surface area (Å²) in [4.78, 5) is 35.0. The van der Waals surface area contributed by atoms with Crippen molar-refractivity contribution in [2.45, 2.75) is 25.5 Å². The first-order chi connectivity index (χ1) is 8.47. The van der Waals surface area contributed by atoms with E-state index in [1.165, 1.54) is 4.90 Å². The first-order valence-electron chi connectivity index (χ1n) is 5.70. The van der Waals surface area contributed by atoms with Gasteiger partial charge in [-0.2, -0.15) is 0 Å². The third-order valence-corrected chi connectivity index (χ3v) is 2.71. The fourth-order valence-electron chi connectivity index (χ4n) is 1.74. The van der Waals surface area contributed by atoms with E-state index in [0.29, 0.717) is 19.5 Å². The molecule has 18 heavy (non-hydrogen) atoms. The summed E-state index contributed by atoms with van der Waals surface area (Å²) in [5, 5.41) is 22.4. The maximum atomic E-state index is 11.8. The number of carbonyl (C=O) groups is 3. The van der Waals surface area contributed by atoms with Crippen molar-refractivity contribution in [1.29, 1.82) is 0 Å². The van der Waals surface area contributed by atoms with E-state index < -0.39 is 24.1 Å². The van der Waals surface area contributed by atoms with Gasteiger partial charge in [-0.3, -0.25) is 4.79 Å². The van der Waals surface area contributed by atoms with Crippen molar-refractivity contribution in [3.63, 3.8) is 0 Å². The molecule has 0 aliphatic carbocycles. The molecule has 0 aromatic heterocycles. The molecule has 4 N–H and O–H groups in total. The summed E-state index contributed by atoms with van der Waals surface area (Å²) in [6.07, 6.45) is -1.17. The standard InChI is InChI=1S/C10H17N3O5/c1-2-6-8(15)11-3-4-13(6)10(18)12-5-7(14)9(16)17/h6-7,14H,2-5H2,1H3,(H,11,15)(H,12,18)(H,16,17). The molecule has 2 atom stereocenters. The highest BCUT2D eigenvalue weighted by atomic mass is 16.4. The van der Waals surface area contributed by atoms with Crippen molar-refractivity contribution in [2.75, 3.05) is 19.6 Å². The average molecular weight is 259 g/mol. The summed E-state index contributed by atoms with van der Waals surface area (Å²) in [5.74, 6) is -1.63. The molecule has 1 saturated heterocycles. The summed E-state index contributed by atoms with van der Waals surface area (Å²) in [6.45, 7) is 2.12. The molecule has 1 aliphatic heterocycles. The molecule has 0 aromatic carbocycles. The van der Waals surface area contributed by atoms with E-state index in [1.807, 2.05) is 0 Å². The number of aliphatic hydroxyl groups excluding tert-OH is 1. The Kier molecular flexibility index (Phi) is 4.90. The zero-order valence-corrected chi connectivity index (χ0v) is 10.0. The van der Waals surface area contributed by atoms with Gasteiger partial charge in [0.25, 0.3) is 0 Å². The van der Waals surface area contributed by atoms with Gasteiger partial charge >= 0.3 is 12.0 Å². The Hall–Kier alpha value is -1.83. The summed E-state index contributed by atoms with van der Waals surface area (Å²) < 4.78 is 0. The lowest BCUT2D eigenvalue weighted by Crippen LogP contribution is -2.59. The number of aliphatic carboxylic acids is 1. The first kappa shape index (κ1) is 14.2. The fourth-order valence-corrected chi connectivity index (χ4v) is 1.74. The van der Waals surface area contributed by atoms with Crippen LogP contribution < -0.4 is 10.6 Å². The molecule has 0 aromatic rings. The number of carboxylic acids is 1. The molecule has 0 spiro atoms. The highest BCUT2D eigenvalue weighted by Gasteiger charge is 2.31. The van der Waals surface area contributed by atoms with Crippen LogP contribution in [-0.4, -0.2) is 64.8 Å². The van der Waals surface area contributed by atoms with E-state index in [4.69, 9.17) is 10.2 Å². The Balaban J connectivity index is 2.54. The Morgan fingerprint density at radius 1 is 1.61 bits per heavy atom. The van der Waals surface area contributed by atoms with Crippen LogP contribution in [0.3, 0.4) is 0 Å². The number of nitrogens with zero attached hydrogens (tertiary/aromatic N) is 1. The maximum absolute atomic E-state index is 11.8. The number of piperazine rings is 1. The molecule has 1 heterocycles. The number of rotatable bonds is 4. The minimum absolute atomic E-state index is 0.224. The van der Waals surface area contributed by atoms with E-state index >= 15 is 0 Å². The number of carbonyl (C=O) groups excluding carboxylic acids is 2. The minimum Gasteiger partial charge on any atom is -0.479 e. The van der Waals surface area contributed by atoms with Crippen molar-refractivity contribution in [2.24, 2.45) is 0 Å². The Morgan fingerprint density at radius 2 is 2.28 bits per heavy atom. The zero-order valence-electron chi connectivity index (χ0n) is 10.0. The molecule has 102 valence electrons. The topological polar surface area (TPSA) is 119 Å². The molecule has 1 rings (SSSR count). The first-order valence-corrected chi connectivity index (χ1v) is 5.70. The van der Waals surface area contributed by atoms with E-state index in [1.54, 1.807) is 6.92 Å². The largest absolute Gasteiger partial charge is 0.479 e. The van der Waals surface area contributed by atoms with Crippen molar-refractivity contribution in [1.82, 2.24) is 15.5 Å². The third-order valence-electron chi connectivity index (χ3n) is 2.71. The lowest BCUT2D eigenvalue weighted by molar-refractivity contribution is -0.146. The van der Waals surface area contributed by atoms with Crippen LogP contribution in [0.2, 0.25) is 0 Å². The van der Waals surface area contributed by atoms with Gasteiger partial charge < -0.3 is 25.7 Å². The second-order valence-electron chi connectivity index (χ2n) is 3.95. The Bertz CT molecular complexity index is 346. The van der Waals surface area contributed by atoms with Gasteiger partial charge in [-0.1, -0.05) is 6.92 Å². The van der Waals surface area contributed by atoms with Crippen LogP contribution in [0.1, 0.15) is 13.3 Å².